The van der Waals surface area contributed by atoms with Crippen molar-refractivity contribution < 1.29 is 9.13 Å². The number of hydrogen-bond acceptors (Lipinski definition) is 2. The lowest BCUT2D eigenvalue weighted by atomic mass is 9.99. The van der Waals surface area contributed by atoms with Crippen molar-refractivity contribution >= 4 is 15.9 Å². The Morgan fingerprint density at radius 1 is 1.11 bits per heavy atom. The molecule has 18 heavy (non-hydrogen) atoms. The van der Waals surface area contributed by atoms with E-state index in [-0.39, 0.29) is 5.75 Å². The molecular weight excluding hydrogens is 297 g/mol. The molecule has 0 aliphatic carbocycles. The molecule has 0 saturated heterocycles. The molecule has 0 aliphatic rings. The summed E-state index contributed by atoms with van der Waals surface area (Å²) in [6.45, 7) is 0. The summed E-state index contributed by atoms with van der Waals surface area (Å²) in [5.41, 5.74) is 7.37. The van der Waals surface area contributed by atoms with Crippen molar-refractivity contribution in [1.82, 2.24) is 0 Å². The highest BCUT2D eigenvalue weighted by Crippen LogP contribution is 2.31. The monoisotopic (exact) mass is 309 g/mol. The van der Waals surface area contributed by atoms with Gasteiger partial charge in [-0.2, -0.15) is 0 Å². The molecule has 2 aromatic carbocycles. The highest BCUT2D eigenvalue weighted by atomic mass is 79.9. The summed E-state index contributed by atoms with van der Waals surface area (Å²) in [7, 11) is 1.44. The first-order chi connectivity index (χ1) is 8.65. The smallest absolute Gasteiger partial charge is 0.170 e. The lowest BCUT2D eigenvalue weighted by Gasteiger charge is -2.16. The van der Waals surface area contributed by atoms with Gasteiger partial charge in [0.1, 0.15) is 0 Å². The van der Waals surface area contributed by atoms with E-state index < -0.39 is 11.9 Å². The second-order valence-corrected chi connectivity index (χ2v) is 4.72. The minimum absolute atomic E-state index is 0.204. The predicted molar refractivity (Wildman–Crippen MR) is 73.1 cm³/mol. The van der Waals surface area contributed by atoms with Gasteiger partial charge in [0.25, 0.3) is 0 Å². The van der Waals surface area contributed by atoms with Crippen LogP contribution in [0.3, 0.4) is 0 Å². The quantitative estimate of drug-likeness (QED) is 0.939. The molecule has 1 atom stereocenters. The van der Waals surface area contributed by atoms with Gasteiger partial charge in [-0.1, -0.05) is 46.3 Å². The zero-order valence-electron chi connectivity index (χ0n) is 9.86. The fourth-order valence-electron chi connectivity index (χ4n) is 1.82. The topological polar surface area (TPSA) is 35.2 Å². The second-order valence-electron chi connectivity index (χ2n) is 3.86. The van der Waals surface area contributed by atoms with Crippen molar-refractivity contribution in [1.29, 1.82) is 0 Å². The van der Waals surface area contributed by atoms with Crippen LogP contribution >= 0.6 is 15.9 Å². The summed E-state index contributed by atoms with van der Waals surface area (Å²) in [6.07, 6.45) is 0. The number of halogens is 2. The summed E-state index contributed by atoms with van der Waals surface area (Å²) >= 11 is 3.42. The molecular formula is C14H13BrFNO. The van der Waals surface area contributed by atoms with Crippen LogP contribution < -0.4 is 10.5 Å². The predicted octanol–water partition coefficient (Wildman–Crippen LogP) is 3.64. The van der Waals surface area contributed by atoms with Crippen LogP contribution in [0.1, 0.15) is 17.2 Å². The molecule has 94 valence electrons. The average Bonchev–Trinajstić information content (AvgIpc) is 2.39. The maximum absolute atomic E-state index is 14.1. The Morgan fingerprint density at radius 2 is 1.78 bits per heavy atom. The fraction of sp³-hybridized carbons (Fsp3) is 0.143. The largest absolute Gasteiger partial charge is 0.494 e. The molecule has 0 heterocycles. The summed E-state index contributed by atoms with van der Waals surface area (Å²) in [4.78, 5) is 0. The van der Waals surface area contributed by atoms with Crippen molar-refractivity contribution in [2.24, 2.45) is 5.73 Å². The normalized spacial score (nSPS) is 12.2. The van der Waals surface area contributed by atoms with Gasteiger partial charge in [0, 0.05) is 10.0 Å². The molecule has 0 aliphatic heterocycles. The van der Waals surface area contributed by atoms with Gasteiger partial charge in [0.15, 0.2) is 11.6 Å². The average molecular weight is 310 g/mol. The van der Waals surface area contributed by atoms with E-state index in [1.54, 1.807) is 18.2 Å². The van der Waals surface area contributed by atoms with Crippen LogP contribution in [0.5, 0.6) is 5.75 Å². The number of methoxy groups -OCH3 is 1. The summed E-state index contributed by atoms with van der Waals surface area (Å²) < 4.78 is 19.9. The molecule has 2 rings (SSSR count). The second kappa shape index (κ2) is 5.50. The van der Waals surface area contributed by atoms with Gasteiger partial charge < -0.3 is 10.5 Å². The Labute approximate surface area is 114 Å². The van der Waals surface area contributed by atoms with E-state index in [0.717, 1.165) is 10.0 Å². The molecule has 4 heteroatoms. The molecule has 2 N–H and O–H groups in total. The third-order valence-electron chi connectivity index (χ3n) is 2.79. The third kappa shape index (κ3) is 2.40. The Morgan fingerprint density at radius 3 is 2.44 bits per heavy atom. The lowest BCUT2D eigenvalue weighted by molar-refractivity contribution is 0.383. The van der Waals surface area contributed by atoms with Crippen molar-refractivity contribution in [2.75, 3.05) is 7.11 Å². The number of rotatable bonds is 3. The Bertz CT molecular complexity index is 559. The standard InChI is InChI=1S/C14H13BrFNO/c1-18-12-8-4-6-10(13(12)16)14(17)9-5-2-3-7-11(9)15/h2-8,14H,17H2,1H3. The van der Waals surface area contributed by atoms with E-state index >= 15 is 0 Å². The maximum Gasteiger partial charge on any atom is 0.170 e. The van der Waals surface area contributed by atoms with Crippen LogP contribution in [-0.2, 0) is 0 Å². The van der Waals surface area contributed by atoms with Gasteiger partial charge >= 0.3 is 0 Å². The van der Waals surface area contributed by atoms with Crippen molar-refractivity contribution in [3.63, 3.8) is 0 Å². The first-order valence-electron chi connectivity index (χ1n) is 5.47. The van der Waals surface area contributed by atoms with E-state index in [9.17, 15) is 4.39 Å². The van der Waals surface area contributed by atoms with Crippen LogP contribution in [0.4, 0.5) is 4.39 Å². The van der Waals surface area contributed by atoms with Crippen LogP contribution in [0.15, 0.2) is 46.9 Å². The molecule has 0 spiro atoms. The Balaban J connectivity index is 2.47. The number of hydrogen-bond donors (Lipinski definition) is 1. The highest BCUT2D eigenvalue weighted by molar-refractivity contribution is 9.10. The van der Waals surface area contributed by atoms with Gasteiger partial charge in [0.05, 0.1) is 13.2 Å². The lowest BCUT2D eigenvalue weighted by Crippen LogP contribution is -2.14. The van der Waals surface area contributed by atoms with E-state index in [4.69, 9.17) is 10.5 Å². The van der Waals surface area contributed by atoms with E-state index in [1.165, 1.54) is 7.11 Å². The minimum atomic E-state index is -0.532. The van der Waals surface area contributed by atoms with E-state index in [1.807, 2.05) is 24.3 Å². The summed E-state index contributed by atoms with van der Waals surface area (Å²) in [5, 5.41) is 0. The zero-order chi connectivity index (χ0) is 13.1. The van der Waals surface area contributed by atoms with Gasteiger partial charge in [-0.3, -0.25) is 0 Å². The van der Waals surface area contributed by atoms with E-state index in [2.05, 4.69) is 15.9 Å². The zero-order valence-corrected chi connectivity index (χ0v) is 11.4. The SMILES string of the molecule is COc1cccc(C(N)c2ccccc2Br)c1F. The minimum Gasteiger partial charge on any atom is -0.494 e. The molecule has 2 nitrogen and oxygen atoms in total. The van der Waals surface area contributed by atoms with Crippen molar-refractivity contribution in [3.05, 3.63) is 63.9 Å². The van der Waals surface area contributed by atoms with Crippen molar-refractivity contribution in [2.45, 2.75) is 6.04 Å². The first kappa shape index (κ1) is 13.1. The number of benzene rings is 2. The van der Waals surface area contributed by atoms with Crippen molar-refractivity contribution in [3.8, 4) is 5.75 Å². The molecule has 0 aromatic heterocycles. The molecule has 0 saturated carbocycles. The molecule has 0 radical (unpaired) electrons. The van der Waals surface area contributed by atoms with Crippen LogP contribution in [0.25, 0.3) is 0 Å². The third-order valence-corrected chi connectivity index (χ3v) is 3.51. The van der Waals surface area contributed by atoms with Gasteiger partial charge in [-0.25, -0.2) is 4.39 Å². The fourth-order valence-corrected chi connectivity index (χ4v) is 2.35. The molecule has 0 amide bonds. The van der Waals surface area contributed by atoms with E-state index in [0.29, 0.717) is 5.56 Å². The van der Waals surface area contributed by atoms with Crippen LogP contribution in [0.2, 0.25) is 0 Å². The van der Waals surface area contributed by atoms with Crippen LogP contribution in [0, 0.1) is 5.82 Å². The Kier molecular flexibility index (Phi) is 3.99. The summed E-state index contributed by atoms with van der Waals surface area (Å²) in [6, 6.07) is 12.0. The molecule has 0 bridgehead atoms. The van der Waals surface area contributed by atoms with Gasteiger partial charge in [-0.05, 0) is 17.7 Å². The number of nitrogens with two attached hydrogens (primary N) is 1. The number of ether oxygens (including phenoxy) is 1. The Hall–Kier alpha value is -1.39. The van der Waals surface area contributed by atoms with Gasteiger partial charge in [-0.15, -0.1) is 0 Å². The molecule has 2 aromatic rings. The first-order valence-corrected chi connectivity index (χ1v) is 6.27. The highest BCUT2D eigenvalue weighted by Gasteiger charge is 2.18. The van der Waals surface area contributed by atoms with Gasteiger partial charge in [0.2, 0.25) is 0 Å². The summed E-state index contributed by atoms with van der Waals surface area (Å²) in [5.74, 6) is -0.210. The molecule has 1 unspecified atom stereocenters. The maximum atomic E-state index is 14.1. The molecule has 0 fully saturated rings. The van der Waals surface area contributed by atoms with Crippen LogP contribution in [-0.4, -0.2) is 7.11 Å².